The summed E-state index contributed by atoms with van der Waals surface area (Å²) in [6.45, 7) is 4.01. The number of nitriles is 3. The topological polar surface area (TPSA) is 145 Å². The van der Waals surface area contributed by atoms with Crippen LogP contribution in [0.2, 0.25) is 0 Å². The van der Waals surface area contributed by atoms with E-state index in [1.165, 1.54) is 5.56 Å². The number of rotatable bonds is 4. The molecule has 1 atom stereocenters. The van der Waals surface area contributed by atoms with Crippen molar-refractivity contribution in [2.75, 3.05) is 14.2 Å². The van der Waals surface area contributed by atoms with Gasteiger partial charge in [-0.15, -0.1) is 0 Å². The zero-order chi connectivity index (χ0) is 38.9. The maximum Gasteiger partial charge on any atom is 0.205 e. The molecule has 6 aromatic rings. The first-order valence-corrected chi connectivity index (χ1v) is 18.1. The van der Waals surface area contributed by atoms with Crippen molar-refractivity contribution < 1.29 is 19.3 Å². The zero-order valence-corrected chi connectivity index (χ0v) is 33.0. The molecule has 1 aliphatic heterocycles. The maximum absolute atomic E-state index is 9.79. The molecule has 0 amide bonds. The zero-order valence-electron chi connectivity index (χ0n) is 29.8. The molecule has 268 valence electrons. The molecule has 0 bridgehead atoms. The minimum Gasteiger partial charge on any atom is -0.508 e. The van der Waals surface area contributed by atoms with Crippen molar-refractivity contribution in [3.8, 4) is 41.2 Å². The number of benzene rings is 6. The molecule has 1 unspecified atom stereocenters. The van der Waals surface area contributed by atoms with Crippen LogP contribution in [0.3, 0.4) is 0 Å². The highest BCUT2D eigenvalue weighted by atomic mass is 79.9. The molecule has 0 saturated carbocycles. The van der Waals surface area contributed by atoms with Crippen LogP contribution in [-0.4, -0.2) is 19.3 Å². The van der Waals surface area contributed by atoms with Gasteiger partial charge in [0.15, 0.2) is 11.5 Å². The van der Waals surface area contributed by atoms with E-state index in [0.29, 0.717) is 28.6 Å². The SMILES string of the molecule is COc1cc(C2C(C#N)=C(N)Oc3cc4ccccc4cc32)cc(Br)c1OC.Cc1cc(C=C(C#N)C#N)cc(Br)c1C.Oc1ccc2ccccc2c1. The van der Waals surface area contributed by atoms with Gasteiger partial charge in [0.05, 0.1) is 24.6 Å². The smallest absolute Gasteiger partial charge is 0.205 e. The highest BCUT2D eigenvalue weighted by Crippen LogP contribution is 2.47. The first-order chi connectivity index (χ1) is 26.0. The van der Waals surface area contributed by atoms with E-state index >= 15 is 0 Å². The molecule has 0 aromatic heterocycles. The van der Waals surface area contributed by atoms with Crippen molar-refractivity contribution in [3.05, 3.63) is 157 Å². The molecule has 1 aliphatic rings. The number of methoxy groups -OCH3 is 2. The second-order valence-corrected chi connectivity index (χ2v) is 13.9. The fraction of sp³-hybridized carbons (Fsp3) is 0.114. The summed E-state index contributed by atoms with van der Waals surface area (Å²) in [6, 6.07) is 38.8. The quantitative estimate of drug-likeness (QED) is 0.167. The standard InChI is InChI=1S/C22H17BrN2O3.C12H9BrN2.C10H8O/c1-26-19-10-14(8-17(23)21(19)27-2)20-15-7-12-5-3-4-6-13(12)9-18(15)28-22(25)16(20)11-24;1-8-3-10(4-11(6-14)7-15)5-12(13)9(8)2;11-10-6-5-8-3-1-2-4-9(8)7-10/h3-10,20H,25H2,1-2H3;3-5H,1-2H3;1-7,11H. The Balaban J connectivity index is 0.000000179. The minimum absolute atomic E-state index is 0.112. The summed E-state index contributed by atoms with van der Waals surface area (Å²) in [5.41, 5.74) is 11.5. The van der Waals surface area contributed by atoms with Gasteiger partial charge < -0.3 is 25.1 Å². The van der Waals surface area contributed by atoms with Crippen LogP contribution >= 0.6 is 31.9 Å². The largest absolute Gasteiger partial charge is 0.508 e. The van der Waals surface area contributed by atoms with Crippen LogP contribution in [0.5, 0.6) is 23.0 Å². The predicted octanol–water partition coefficient (Wildman–Crippen LogP) is 10.9. The van der Waals surface area contributed by atoms with Crippen molar-refractivity contribution in [3.63, 3.8) is 0 Å². The van der Waals surface area contributed by atoms with Gasteiger partial charge in [-0.25, -0.2) is 0 Å². The second-order valence-electron chi connectivity index (χ2n) is 12.2. The molecule has 0 radical (unpaired) electrons. The lowest BCUT2D eigenvalue weighted by atomic mass is 9.82. The summed E-state index contributed by atoms with van der Waals surface area (Å²) < 4.78 is 18.4. The van der Waals surface area contributed by atoms with Crippen molar-refractivity contribution in [1.29, 1.82) is 15.8 Å². The van der Waals surface area contributed by atoms with E-state index in [9.17, 15) is 5.26 Å². The van der Waals surface area contributed by atoms with Gasteiger partial charge in [-0.05, 0) is 122 Å². The van der Waals surface area contributed by atoms with Crippen molar-refractivity contribution in [2.45, 2.75) is 19.8 Å². The molecule has 10 heteroatoms. The van der Waals surface area contributed by atoms with E-state index in [1.54, 1.807) is 32.4 Å². The first kappa shape index (κ1) is 39.0. The summed E-state index contributed by atoms with van der Waals surface area (Å²) >= 11 is 6.97. The molecule has 7 rings (SSSR count). The number of ether oxygens (including phenoxy) is 3. The Morgan fingerprint density at radius 2 is 1.41 bits per heavy atom. The number of allylic oxidation sites excluding steroid dienone is 2. The normalized spacial score (nSPS) is 12.6. The average molecular weight is 843 g/mol. The van der Waals surface area contributed by atoms with Crippen LogP contribution in [0.1, 0.15) is 33.7 Å². The first-order valence-electron chi connectivity index (χ1n) is 16.5. The Morgan fingerprint density at radius 1 is 0.778 bits per heavy atom. The molecule has 8 nitrogen and oxygen atoms in total. The van der Waals surface area contributed by atoms with Crippen LogP contribution in [-0.2, 0) is 0 Å². The number of halogens is 2. The highest BCUT2D eigenvalue weighted by molar-refractivity contribution is 9.10. The van der Waals surface area contributed by atoms with Gasteiger partial charge >= 0.3 is 0 Å². The van der Waals surface area contributed by atoms with Crippen LogP contribution in [0.25, 0.3) is 27.6 Å². The number of fused-ring (bicyclic) bond motifs is 3. The van der Waals surface area contributed by atoms with Gasteiger partial charge in [-0.3, -0.25) is 0 Å². The van der Waals surface area contributed by atoms with E-state index in [-0.39, 0.29) is 17.4 Å². The molecular weight excluding hydrogens is 808 g/mol. The van der Waals surface area contributed by atoms with Gasteiger partial charge in [0, 0.05) is 10.0 Å². The summed E-state index contributed by atoms with van der Waals surface area (Å²) in [5, 5.41) is 40.5. The lowest BCUT2D eigenvalue weighted by Gasteiger charge is -2.27. The predicted molar refractivity (Wildman–Crippen MR) is 219 cm³/mol. The average Bonchev–Trinajstić information content (AvgIpc) is 3.17. The molecular formula is C44H34Br2N4O4. The third-order valence-electron chi connectivity index (χ3n) is 8.78. The number of aryl methyl sites for hydroxylation is 1. The maximum atomic E-state index is 9.79. The monoisotopic (exact) mass is 840 g/mol. The summed E-state index contributed by atoms with van der Waals surface area (Å²) in [5.74, 6) is 1.86. The van der Waals surface area contributed by atoms with Gasteiger partial charge in [0.25, 0.3) is 0 Å². The van der Waals surface area contributed by atoms with E-state index in [4.69, 9.17) is 35.6 Å². The number of hydrogen-bond donors (Lipinski definition) is 2. The molecule has 3 N–H and O–H groups in total. The Bertz CT molecular complexity index is 2540. The molecule has 0 fully saturated rings. The summed E-state index contributed by atoms with van der Waals surface area (Å²) in [7, 11) is 3.16. The summed E-state index contributed by atoms with van der Waals surface area (Å²) in [6.07, 6.45) is 1.58. The molecule has 0 saturated heterocycles. The number of phenols is 1. The lowest BCUT2D eigenvalue weighted by molar-refractivity contribution is 0.352. The van der Waals surface area contributed by atoms with Crippen LogP contribution in [0, 0.1) is 47.8 Å². The Labute approximate surface area is 330 Å². The fourth-order valence-electron chi connectivity index (χ4n) is 5.95. The van der Waals surface area contributed by atoms with Gasteiger partial charge in [-0.2, -0.15) is 15.8 Å². The molecule has 6 aromatic carbocycles. The lowest BCUT2D eigenvalue weighted by Crippen LogP contribution is -2.21. The molecule has 0 spiro atoms. The van der Waals surface area contributed by atoms with Gasteiger partial charge in [-0.1, -0.05) is 76.6 Å². The minimum atomic E-state index is -0.380. The Morgan fingerprint density at radius 3 is 2.00 bits per heavy atom. The number of aromatic hydroxyl groups is 1. The molecule has 0 aliphatic carbocycles. The van der Waals surface area contributed by atoms with Crippen LogP contribution in [0.15, 0.2) is 129 Å². The number of nitrogens with zero attached hydrogens (tertiary/aromatic N) is 3. The van der Waals surface area contributed by atoms with Crippen molar-refractivity contribution in [2.24, 2.45) is 5.73 Å². The number of phenolic OH excluding ortho intramolecular Hbond substituents is 1. The number of hydrogen-bond acceptors (Lipinski definition) is 8. The van der Waals surface area contributed by atoms with Gasteiger partial charge in [0.1, 0.15) is 40.9 Å². The second kappa shape index (κ2) is 17.5. The fourth-order valence-corrected chi connectivity index (χ4v) is 7.15. The third kappa shape index (κ3) is 8.68. The van der Waals surface area contributed by atoms with Crippen LogP contribution in [0.4, 0.5) is 0 Å². The molecule has 54 heavy (non-hydrogen) atoms. The Kier molecular flexibility index (Phi) is 12.6. The Hall–Kier alpha value is -6.25. The van der Waals surface area contributed by atoms with Crippen molar-refractivity contribution >= 4 is 59.5 Å². The van der Waals surface area contributed by atoms with E-state index in [0.717, 1.165) is 52.7 Å². The summed E-state index contributed by atoms with van der Waals surface area (Å²) in [4.78, 5) is 0. The highest BCUT2D eigenvalue weighted by Gasteiger charge is 2.32. The van der Waals surface area contributed by atoms with Crippen molar-refractivity contribution in [1.82, 2.24) is 0 Å². The third-order valence-corrected chi connectivity index (χ3v) is 10.2. The number of nitrogens with two attached hydrogens (primary N) is 1. The van der Waals surface area contributed by atoms with Crippen LogP contribution < -0.4 is 19.9 Å². The van der Waals surface area contributed by atoms with E-state index in [1.807, 2.05) is 117 Å². The van der Waals surface area contributed by atoms with E-state index in [2.05, 4.69) is 37.9 Å². The van der Waals surface area contributed by atoms with E-state index < -0.39 is 0 Å². The molecule has 1 heterocycles. The van der Waals surface area contributed by atoms with Gasteiger partial charge in [0.2, 0.25) is 5.88 Å².